The van der Waals surface area contributed by atoms with Crippen molar-refractivity contribution >= 4 is 6.03 Å². The number of nitrogens with one attached hydrogen (secondary N) is 1. The van der Waals surface area contributed by atoms with Gasteiger partial charge in [-0.15, -0.1) is 0 Å². The standard InChI is InChI=1S/C17H23N3O2/c1-4-20(5-2)17(21)18-12-11-15-13(3)22-16(19-15)14-9-7-6-8-10-14/h6-10H,4-5,11-12H2,1-3H3,(H,18,21). The van der Waals surface area contributed by atoms with Gasteiger partial charge in [0.25, 0.3) is 0 Å². The first-order valence-electron chi connectivity index (χ1n) is 7.70. The molecule has 2 aromatic rings. The quantitative estimate of drug-likeness (QED) is 0.891. The van der Waals surface area contributed by atoms with Crippen LogP contribution in [0.4, 0.5) is 4.79 Å². The summed E-state index contributed by atoms with van der Waals surface area (Å²) in [6.07, 6.45) is 0.662. The van der Waals surface area contributed by atoms with Gasteiger partial charge in [-0.1, -0.05) is 18.2 Å². The van der Waals surface area contributed by atoms with Gasteiger partial charge in [0, 0.05) is 31.6 Å². The molecule has 1 aromatic carbocycles. The third-order valence-corrected chi connectivity index (χ3v) is 3.60. The summed E-state index contributed by atoms with van der Waals surface area (Å²) >= 11 is 0. The summed E-state index contributed by atoms with van der Waals surface area (Å²) in [7, 11) is 0. The van der Waals surface area contributed by atoms with Crippen LogP contribution in [-0.2, 0) is 6.42 Å². The lowest BCUT2D eigenvalue weighted by Gasteiger charge is -2.18. The second-order valence-corrected chi connectivity index (χ2v) is 5.04. The smallest absolute Gasteiger partial charge is 0.317 e. The van der Waals surface area contributed by atoms with Gasteiger partial charge >= 0.3 is 6.03 Å². The lowest BCUT2D eigenvalue weighted by Crippen LogP contribution is -2.40. The van der Waals surface area contributed by atoms with Crippen molar-refractivity contribution in [2.45, 2.75) is 27.2 Å². The normalized spacial score (nSPS) is 10.5. The lowest BCUT2D eigenvalue weighted by molar-refractivity contribution is 0.203. The van der Waals surface area contributed by atoms with Crippen LogP contribution in [0.15, 0.2) is 34.7 Å². The summed E-state index contributed by atoms with van der Waals surface area (Å²) in [6.45, 7) is 7.82. The van der Waals surface area contributed by atoms with Crippen LogP contribution in [-0.4, -0.2) is 35.5 Å². The molecule has 2 amide bonds. The highest BCUT2D eigenvalue weighted by atomic mass is 16.4. The van der Waals surface area contributed by atoms with Crippen LogP contribution in [0.25, 0.3) is 11.5 Å². The van der Waals surface area contributed by atoms with Crippen LogP contribution in [0.5, 0.6) is 0 Å². The molecule has 0 saturated heterocycles. The average Bonchev–Trinajstić information content (AvgIpc) is 2.91. The van der Waals surface area contributed by atoms with E-state index in [0.29, 0.717) is 31.9 Å². The SMILES string of the molecule is CCN(CC)C(=O)NCCc1nc(-c2ccccc2)oc1C. The number of carbonyl (C=O) groups is 1. The molecule has 5 nitrogen and oxygen atoms in total. The molecule has 2 rings (SSSR count). The van der Waals surface area contributed by atoms with Gasteiger partial charge in [0.05, 0.1) is 5.69 Å². The van der Waals surface area contributed by atoms with Gasteiger partial charge in [0.15, 0.2) is 0 Å². The Morgan fingerprint density at radius 3 is 2.55 bits per heavy atom. The Bertz CT molecular complexity index is 604. The van der Waals surface area contributed by atoms with Crippen LogP contribution in [0.2, 0.25) is 0 Å². The summed E-state index contributed by atoms with van der Waals surface area (Å²) in [5, 5.41) is 2.91. The number of carbonyl (C=O) groups excluding carboxylic acids is 1. The fourth-order valence-electron chi connectivity index (χ4n) is 2.27. The highest BCUT2D eigenvalue weighted by Crippen LogP contribution is 2.21. The Balaban J connectivity index is 1.94. The van der Waals surface area contributed by atoms with Gasteiger partial charge in [0.2, 0.25) is 5.89 Å². The maximum Gasteiger partial charge on any atom is 0.317 e. The zero-order valence-corrected chi connectivity index (χ0v) is 13.4. The fourth-order valence-corrected chi connectivity index (χ4v) is 2.27. The molecule has 0 saturated carbocycles. The number of aromatic nitrogens is 1. The predicted octanol–water partition coefficient (Wildman–Crippen LogP) is 3.24. The maximum absolute atomic E-state index is 11.9. The molecular formula is C17H23N3O2. The van der Waals surface area contributed by atoms with Gasteiger partial charge in [-0.25, -0.2) is 9.78 Å². The fraction of sp³-hybridized carbons (Fsp3) is 0.412. The van der Waals surface area contributed by atoms with E-state index in [9.17, 15) is 4.79 Å². The Kier molecular flexibility index (Phi) is 5.58. The first kappa shape index (κ1) is 16.1. The number of oxazole rings is 1. The molecule has 0 aliphatic rings. The molecule has 0 spiro atoms. The highest BCUT2D eigenvalue weighted by molar-refractivity contribution is 5.74. The zero-order chi connectivity index (χ0) is 15.9. The lowest BCUT2D eigenvalue weighted by atomic mass is 10.2. The van der Waals surface area contributed by atoms with Crippen molar-refractivity contribution in [2.24, 2.45) is 0 Å². The van der Waals surface area contributed by atoms with Crippen molar-refractivity contribution < 1.29 is 9.21 Å². The highest BCUT2D eigenvalue weighted by Gasteiger charge is 2.12. The molecule has 0 radical (unpaired) electrons. The summed E-state index contributed by atoms with van der Waals surface area (Å²) in [5.74, 6) is 1.43. The largest absolute Gasteiger partial charge is 0.441 e. The third kappa shape index (κ3) is 3.87. The molecule has 22 heavy (non-hydrogen) atoms. The molecule has 118 valence electrons. The van der Waals surface area contributed by atoms with E-state index < -0.39 is 0 Å². The maximum atomic E-state index is 11.9. The van der Waals surface area contributed by atoms with E-state index in [2.05, 4.69) is 10.3 Å². The van der Waals surface area contributed by atoms with Gasteiger partial charge in [-0.3, -0.25) is 0 Å². The summed E-state index contributed by atoms with van der Waals surface area (Å²) < 4.78 is 5.71. The van der Waals surface area contributed by atoms with Crippen LogP contribution in [0.3, 0.4) is 0 Å². The minimum atomic E-state index is -0.0329. The second kappa shape index (κ2) is 7.64. The summed E-state index contributed by atoms with van der Waals surface area (Å²) in [4.78, 5) is 18.2. The second-order valence-electron chi connectivity index (χ2n) is 5.04. The van der Waals surface area contributed by atoms with E-state index in [1.165, 1.54) is 0 Å². The molecule has 0 unspecified atom stereocenters. The van der Waals surface area contributed by atoms with E-state index in [0.717, 1.165) is 17.0 Å². The van der Waals surface area contributed by atoms with Crippen LogP contribution >= 0.6 is 0 Å². The van der Waals surface area contributed by atoms with Gasteiger partial charge in [-0.2, -0.15) is 0 Å². The monoisotopic (exact) mass is 301 g/mol. The van der Waals surface area contributed by atoms with Crippen molar-refractivity contribution in [2.75, 3.05) is 19.6 Å². The number of rotatable bonds is 6. The molecule has 0 bridgehead atoms. The van der Waals surface area contributed by atoms with E-state index in [1.54, 1.807) is 4.90 Å². The van der Waals surface area contributed by atoms with E-state index in [-0.39, 0.29) is 6.03 Å². The summed E-state index contributed by atoms with van der Waals surface area (Å²) in [5.41, 5.74) is 1.85. The van der Waals surface area contributed by atoms with E-state index in [1.807, 2.05) is 51.1 Å². The molecule has 5 heteroatoms. The molecule has 0 aliphatic heterocycles. The summed E-state index contributed by atoms with van der Waals surface area (Å²) in [6, 6.07) is 9.78. The van der Waals surface area contributed by atoms with Crippen molar-refractivity contribution in [1.29, 1.82) is 0 Å². The van der Waals surface area contributed by atoms with E-state index in [4.69, 9.17) is 4.42 Å². The van der Waals surface area contributed by atoms with Crippen molar-refractivity contribution in [3.8, 4) is 11.5 Å². The number of nitrogens with zero attached hydrogens (tertiary/aromatic N) is 2. The Morgan fingerprint density at radius 1 is 1.23 bits per heavy atom. The molecule has 0 atom stereocenters. The van der Waals surface area contributed by atoms with Gasteiger partial charge in [-0.05, 0) is 32.9 Å². The van der Waals surface area contributed by atoms with Crippen LogP contribution in [0, 0.1) is 6.92 Å². The third-order valence-electron chi connectivity index (χ3n) is 3.60. The first-order valence-corrected chi connectivity index (χ1v) is 7.70. The average molecular weight is 301 g/mol. The molecule has 1 N–H and O–H groups in total. The molecule has 0 fully saturated rings. The first-order chi connectivity index (χ1) is 10.7. The van der Waals surface area contributed by atoms with Gasteiger partial charge in [0.1, 0.15) is 5.76 Å². The van der Waals surface area contributed by atoms with Crippen molar-refractivity contribution in [3.63, 3.8) is 0 Å². The van der Waals surface area contributed by atoms with E-state index >= 15 is 0 Å². The molecule has 1 aromatic heterocycles. The number of amides is 2. The number of aryl methyl sites for hydroxylation is 1. The van der Waals surface area contributed by atoms with Gasteiger partial charge < -0.3 is 14.6 Å². The topological polar surface area (TPSA) is 58.4 Å². The van der Waals surface area contributed by atoms with Crippen LogP contribution < -0.4 is 5.32 Å². The van der Waals surface area contributed by atoms with Crippen molar-refractivity contribution in [1.82, 2.24) is 15.2 Å². The Labute approximate surface area is 131 Å². The Morgan fingerprint density at radius 2 is 1.91 bits per heavy atom. The zero-order valence-electron chi connectivity index (χ0n) is 13.4. The predicted molar refractivity (Wildman–Crippen MR) is 86.7 cm³/mol. The number of hydrogen-bond donors (Lipinski definition) is 1. The molecular weight excluding hydrogens is 278 g/mol. The minimum absolute atomic E-state index is 0.0329. The molecule has 0 aliphatic carbocycles. The minimum Gasteiger partial charge on any atom is -0.441 e. The van der Waals surface area contributed by atoms with Crippen LogP contribution in [0.1, 0.15) is 25.3 Å². The Hall–Kier alpha value is -2.30. The number of hydrogen-bond acceptors (Lipinski definition) is 3. The molecule has 1 heterocycles. The number of urea groups is 1. The van der Waals surface area contributed by atoms with Crippen molar-refractivity contribution in [3.05, 3.63) is 41.8 Å². The number of benzene rings is 1.